The van der Waals surface area contributed by atoms with Gasteiger partial charge in [-0.15, -0.1) is 0 Å². The molecule has 0 spiro atoms. The van der Waals surface area contributed by atoms with Crippen LogP contribution in [0.2, 0.25) is 0 Å². The SMILES string of the molecule is CC1OCC(=O)C1(C)NC(=O)C(CC(C)(C)C)NC(=O)c1ccc2ccccc2c1. The molecule has 1 aliphatic heterocycles. The smallest absolute Gasteiger partial charge is 0.251 e. The zero-order valence-electron chi connectivity index (χ0n) is 18.2. The maximum Gasteiger partial charge on any atom is 0.251 e. The molecule has 30 heavy (non-hydrogen) atoms. The quantitative estimate of drug-likeness (QED) is 0.793. The van der Waals surface area contributed by atoms with Crippen molar-refractivity contribution in [3.8, 4) is 0 Å². The van der Waals surface area contributed by atoms with E-state index in [1.54, 1.807) is 19.9 Å². The van der Waals surface area contributed by atoms with Gasteiger partial charge < -0.3 is 15.4 Å². The number of benzene rings is 2. The van der Waals surface area contributed by atoms with Gasteiger partial charge in [0.05, 0.1) is 6.10 Å². The fraction of sp³-hybridized carbons (Fsp3) is 0.458. The van der Waals surface area contributed by atoms with E-state index in [2.05, 4.69) is 10.6 Å². The van der Waals surface area contributed by atoms with Crippen LogP contribution in [0.25, 0.3) is 10.8 Å². The van der Waals surface area contributed by atoms with Crippen LogP contribution < -0.4 is 10.6 Å². The van der Waals surface area contributed by atoms with Crippen molar-refractivity contribution in [1.29, 1.82) is 0 Å². The molecular weight excluding hydrogens is 380 g/mol. The van der Waals surface area contributed by atoms with Crippen LogP contribution in [0.1, 0.15) is 51.4 Å². The summed E-state index contributed by atoms with van der Waals surface area (Å²) >= 11 is 0. The van der Waals surface area contributed by atoms with Gasteiger partial charge in [0.2, 0.25) is 5.91 Å². The Balaban J connectivity index is 1.81. The van der Waals surface area contributed by atoms with E-state index in [0.29, 0.717) is 12.0 Å². The number of ketones is 1. The molecule has 0 radical (unpaired) electrons. The summed E-state index contributed by atoms with van der Waals surface area (Å²) in [6, 6.07) is 12.5. The van der Waals surface area contributed by atoms with Crippen LogP contribution in [0.3, 0.4) is 0 Å². The third-order valence-electron chi connectivity index (χ3n) is 5.69. The number of rotatable bonds is 5. The molecule has 0 aliphatic carbocycles. The first-order valence-electron chi connectivity index (χ1n) is 10.3. The number of Topliss-reactive ketones (excluding diaryl/α,β-unsaturated/α-hetero) is 1. The summed E-state index contributed by atoms with van der Waals surface area (Å²) in [7, 11) is 0. The summed E-state index contributed by atoms with van der Waals surface area (Å²) in [5, 5.41) is 7.70. The molecule has 0 aromatic heterocycles. The first-order chi connectivity index (χ1) is 14.0. The second-order valence-electron chi connectivity index (χ2n) is 9.42. The number of ether oxygens (including phenoxy) is 1. The van der Waals surface area contributed by atoms with Crippen LogP contribution in [0.15, 0.2) is 42.5 Å². The van der Waals surface area contributed by atoms with E-state index < -0.39 is 17.7 Å². The van der Waals surface area contributed by atoms with Crippen LogP contribution in [0.4, 0.5) is 0 Å². The number of fused-ring (bicyclic) bond motifs is 1. The van der Waals surface area contributed by atoms with Gasteiger partial charge in [-0.1, -0.05) is 51.1 Å². The Hall–Kier alpha value is -2.73. The number of carbonyl (C=O) groups excluding carboxylic acids is 3. The minimum absolute atomic E-state index is 0.0225. The molecule has 6 nitrogen and oxygen atoms in total. The molecule has 2 amide bonds. The first kappa shape index (κ1) is 22.0. The van der Waals surface area contributed by atoms with Crippen LogP contribution in [-0.4, -0.2) is 41.9 Å². The minimum atomic E-state index is -1.10. The van der Waals surface area contributed by atoms with Crippen molar-refractivity contribution >= 4 is 28.4 Å². The van der Waals surface area contributed by atoms with E-state index in [1.165, 1.54) is 0 Å². The largest absolute Gasteiger partial charge is 0.368 e. The normalized spacial score (nSPS) is 22.7. The highest BCUT2D eigenvalue weighted by Crippen LogP contribution is 2.25. The van der Waals surface area contributed by atoms with Crippen molar-refractivity contribution in [2.24, 2.45) is 5.41 Å². The summed E-state index contributed by atoms with van der Waals surface area (Å²) in [5.74, 6) is -0.872. The van der Waals surface area contributed by atoms with Gasteiger partial charge in [-0.3, -0.25) is 14.4 Å². The number of hydrogen-bond donors (Lipinski definition) is 2. The van der Waals surface area contributed by atoms with Crippen molar-refractivity contribution in [3.63, 3.8) is 0 Å². The summed E-state index contributed by atoms with van der Waals surface area (Å²) in [6.07, 6.45) is -0.00192. The van der Waals surface area contributed by atoms with Gasteiger partial charge in [0, 0.05) is 5.56 Å². The summed E-state index contributed by atoms with van der Waals surface area (Å²) < 4.78 is 5.40. The van der Waals surface area contributed by atoms with E-state index >= 15 is 0 Å². The molecular formula is C24H30N2O4. The predicted molar refractivity (Wildman–Crippen MR) is 116 cm³/mol. The highest BCUT2D eigenvalue weighted by Gasteiger charge is 2.47. The second-order valence-corrected chi connectivity index (χ2v) is 9.42. The molecule has 3 unspecified atom stereocenters. The van der Waals surface area contributed by atoms with Gasteiger partial charge in [-0.05, 0) is 48.6 Å². The lowest BCUT2D eigenvalue weighted by atomic mass is 9.86. The monoisotopic (exact) mass is 410 g/mol. The number of amides is 2. The van der Waals surface area contributed by atoms with E-state index in [4.69, 9.17) is 4.74 Å². The highest BCUT2D eigenvalue weighted by atomic mass is 16.5. The van der Waals surface area contributed by atoms with Crippen molar-refractivity contribution in [3.05, 3.63) is 48.0 Å². The van der Waals surface area contributed by atoms with Crippen LogP contribution >= 0.6 is 0 Å². The van der Waals surface area contributed by atoms with Gasteiger partial charge in [0.1, 0.15) is 18.2 Å². The molecule has 3 rings (SSSR count). The molecule has 2 aromatic rings. The Morgan fingerprint density at radius 1 is 1.17 bits per heavy atom. The van der Waals surface area contributed by atoms with Crippen molar-refractivity contribution in [2.75, 3.05) is 6.61 Å². The zero-order valence-corrected chi connectivity index (χ0v) is 18.2. The Morgan fingerprint density at radius 3 is 2.43 bits per heavy atom. The average molecular weight is 411 g/mol. The second kappa shape index (κ2) is 8.19. The predicted octanol–water partition coefficient (Wildman–Crippen LogP) is 3.24. The van der Waals surface area contributed by atoms with Gasteiger partial charge in [-0.25, -0.2) is 0 Å². The molecule has 0 saturated carbocycles. The Labute approximate surface area is 177 Å². The van der Waals surface area contributed by atoms with E-state index in [0.717, 1.165) is 10.8 Å². The lowest BCUT2D eigenvalue weighted by Crippen LogP contribution is -2.60. The number of carbonyl (C=O) groups is 3. The molecule has 2 aromatic carbocycles. The van der Waals surface area contributed by atoms with Crippen molar-refractivity contribution in [2.45, 2.75) is 58.7 Å². The third kappa shape index (κ3) is 4.70. The molecule has 1 fully saturated rings. The molecule has 1 aliphatic rings. The molecule has 160 valence electrons. The van der Waals surface area contributed by atoms with Crippen molar-refractivity contribution in [1.82, 2.24) is 10.6 Å². The van der Waals surface area contributed by atoms with Crippen LogP contribution in [-0.2, 0) is 14.3 Å². The van der Waals surface area contributed by atoms with Crippen molar-refractivity contribution < 1.29 is 19.1 Å². The maximum absolute atomic E-state index is 13.1. The van der Waals surface area contributed by atoms with Gasteiger partial charge in [-0.2, -0.15) is 0 Å². The minimum Gasteiger partial charge on any atom is -0.368 e. The standard InChI is InChI=1S/C24H30N2O4/c1-15-24(5,20(27)14-30-15)26-22(29)19(13-23(2,3)4)25-21(28)18-11-10-16-8-6-7-9-17(16)12-18/h6-12,15,19H,13-14H2,1-5H3,(H,25,28)(H,26,29). The lowest BCUT2D eigenvalue weighted by molar-refractivity contribution is -0.131. The van der Waals surface area contributed by atoms with E-state index in [1.807, 2.05) is 57.2 Å². The fourth-order valence-corrected chi connectivity index (χ4v) is 3.65. The van der Waals surface area contributed by atoms with E-state index in [9.17, 15) is 14.4 Å². The summed E-state index contributed by atoms with van der Waals surface area (Å²) in [5.41, 5.74) is -0.817. The zero-order chi connectivity index (χ0) is 22.1. The molecule has 6 heteroatoms. The number of hydrogen-bond acceptors (Lipinski definition) is 4. The van der Waals surface area contributed by atoms with Gasteiger partial charge in [0.25, 0.3) is 5.91 Å². The molecule has 1 heterocycles. The lowest BCUT2D eigenvalue weighted by Gasteiger charge is -2.32. The Morgan fingerprint density at radius 2 is 1.83 bits per heavy atom. The first-order valence-corrected chi connectivity index (χ1v) is 10.3. The van der Waals surface area contributed by atoms with Gasteiger partial charge in [0.15, 0.2) is 5.78 Å². The Bertz CT molecular complexity index is 979. The highest BCUT2D eigenvalue weighted by molar-refractivity contribution is 6.02. The topological polar surface area (TPSA) is 84.5 Å². The fourth-order valence-electron chi connectivity index (χ4n) is 3.65. The maximum atomic E-state index is 13.1. The number of nitrogens with one attached hydrogen (secondary N) is 2. The molecule has 0 bridgehead atoms. The van der Waals surface area contributed by atoms with Crippen LogP contribution in [0.5, 0.6) is 0 Å². The van der Waals surface area contributed by atoms with Gasteiger partial charge >= 0.3 is 0 Å². The summed E-state index contributed by atoms with van der Waals surface area (Å²) in [6.45, 7) is 9.42. The van der Waals surface area contributed by atoms with E-state index in [-0.39, 0.29) is 29.6 Å². The molecule has 2 N–H and O–H groups in total. The Kier molecular flexibility index (Phi) is 5.99. The average Bonchev–Trinajstić information content (AvgIpc) is 2.93. The molecule has 1 saturated heterocycles. The summed E-state index contributed by atoms with van der Waals surface area (Å²) in [4.78, 5) is 38.4. The van der Waals surface area contributed by atoms with Crippen LogP contribution in [0, 0.1) is 5.41 Å². The molecule has 3 atom stereocenters. The third-order valence-corrected chi connectivity index (χ3v) is 5.69.